The van der Waals surface area contributed by atoms with Crippen LogP contribution in [0.4, 0.5) is 0 Å². The molecule has 0 aromatic heterocycles. The number of rotatable bonds is 22. The molecule has 0 fully saturated rings. The van der Waals surface area contributed by atoms with Gasteiger partial charge in [0.05, 0.1) is 13.2 Å². The molecule has 0 amide bonds. The van der Waals surface area contributed by atoms with Gasteiger partial charge in [0.15, 0.2) is 0 Å². The third kappa shape index (κ3) is 27.4. The van der Waals surface area contributed by atoms with Crippen molar-refractivity contribution in [3.63, 3.8) is 0 Å². The van der Waals surface area contributed by atoms with Gasteiger partial charge in [-0.15, -0.1) is 0 Å². The van der Waals surface area contributed by atoms with Crippen LogP contribution in [0.15, 0.2) is 0 Å². The zero-order valence-electron chi connectivity index (χ0n) is 19.2. The fourth-order valence-electron chi connectivity index (χ4n) is 3.23. The first-order chi connectivity index (χ1) is 13.5. The van der Waals surface area contributed by atoms with Crippen LogP contribution in [0.25, 0.3) is 0 Å². The predicted molar refractivity (Wildman–Crippen MR) is 119 cm³/mol. The summed E-state index contributed by atoms with van der Waals surface area (Å²) in [5.74, 6) is 0. The maximum atomic E-state index is 11.0. The Bertz CT molecular complexity index is 371. The first-order valence-electron chi connectivity index (χ1n) is 11.3. The van der Waals surface area contributed by atoms with Crippen LogP contribution in [-0.2, 0) is 25.8 Å². The van der Waals surface area contributed by atoms with E-state index in [1.54, 1.807) is 7.11 Å². The van der Waals surface area contributed by atoms with Gasteiger partial charge in [-0.05, 0) is 6.42 Å². The summed E-state index contributed by atoms with van der Waals surface area (Å²) in [5.41, 5.74) is 0. The summed E-state index contributed by atoms with van der Waals surface area (Å²) in [4.78, 5) is 20.0. The van der Waals surface area contributed by atoms with E-state index in [0.717, 1.165) is 12.8 Å². The zero-order valence-corrected chi connectivity index (χ0v) is 23.0. The van der Waals surface area contributed by atoms with Crippen LogP contribution in [-0.4, -0.2) is 37.9 Å². The standard InChI is InChI=1S/C21H45O5PS.Na/c1-3-4-5-6-7-8-9-10-11-12-13-14-15-16-17-18-25-21(19-24-2)20-26-27(22,23)28;/h21H,3-20H2,1-2H3,(H2,22,23,28);/q;+1/p-1. The van der Waals surface area contributed by atoms with Gasteiger partial charge < -0.3 is 23.8 Å². The number of hydrogen-bond acceptors (Lipinski definition) is 5. The molecule has 0 rings (SSSR count). The number of hydrogen-bond donors (Lipinski definition) is 1. The van der Waals surface area contributed by atoms with E-state index in [0.29, 0.717) is 13.2 Å². The molecule has 0 saturated carbocycles. The Kier molecular flexibility index (Phi) is 27.1. The van der Waals surface area contributed by atoms with Gasteiger partial charge in [-0.2, -0.15) is 0 Å². The van der Waals surface area contributed by atoms with E-state index in [-0.39, 0.29) is 42.3 Å². The molecule has 0 bridgehead atoms. The second-order valence-electron chi connectivity index (χ2n) is 7.66. The van der Waals surface area contributed by atoms with Crippen LogP contribution in [0, 0.1) is 0 Å². The smallest absolute Gasteiger partial charge is 0.780 e. The van der Waals surface area contributed by atoms with Crippen LogP contribution in [0.2, 0.25) is 0 Å². The molecule has 0 saturated heterocycles. The Morgan fingerprint density at radius 2 is 1.21 bits per heavy atom. The Morgan fingerprint density at radius 3 is 1.59 bits per heavy atom. The molecule has 29 heavy (non-hydrogen) atoms. The van der Waals surface area contributed by atoms with E-state index in [1.807, 2.05) is 0 Å². The Hall–Kier alpha value is 1.45. The molecule has 0 aromatic rings. The third-order valence-electron chi connectivity index (χ3n) is 4.88. The number of unbranched alkanes of at least 4 members (excludes halogenated alkanes) is 14. The van der Waals surface area contributed by atoms with Crippen molar-refractivity contribution in [2.24, 2.45) is 0 Å². The zero-order chi connectivity index (χ0) is 20.9. The fourth-order valence-corrected chi connectivity index (χ4v) is 3.77. The summed E-state index contributed by atoms with van der Waals surface area (Å²) in [6, 6.07) is 0. The average molecular weight is 463 g/mol. The van der Waals surface area contributed by atoms with E-state index in [2.05, 4.69) is 18.7 Å². The molecule has 0 aliphatic heterocycles. The van der Waals surface area contributed by atoms with E-state index in [9.17, 15) is 4.89 Å². The molecule has 2 atom stereocenters. The molecule has 0 aliphatic rings. The normalized spacial score (nSPS) is 14.3. The molecule has 8 heteroatoms. The predicted octanol–water partition coefficient (Wildman–Crippen LogP) is 2.49. The van der Waals surface area contributed by atoms with Crippen LogP contribution < -0.4 is 34.5 Å². The van der Waals surface area contributed by atoms with E-state index in [4.69, 9.17) is 18.9 Å². The Labute approximate surface area is 207 Å². The molecule has 1 N–H and O–H groups in total. The third-order valence-corrected chi connectivity index (χ3v) is 5.67. The molecule has 0 aliphatic carbocycles. The Balaban J connectivity index is 0. The largest absolute Gasteiger partial charge is 1.00 e. The van der Waals surface area contributed by atoms with Gasteiger partial charge >= 0.3 is 29.6 Å². The summed E-state index contributed by atoms with van der Waals surface area (Å²) < 4.78 is 15.4. The van der Waals surface area contributed by atoms with E-state index < -0.39 is 6.72 Å². The quantitative estimate of drug-likeness (QED) is 0.151. The molecule has 2 unspecified atom stereocenters. The van der Waals surface area contributed by atoms with Gasteiger partial charge in [-0.3, -0.25) is 0 Å². The van der Waals surface area contributed by atoms with Crippen LogP contribution in [0.5, 0.6) is 0 Å². The topological polar surface area (TPSA) is 71.0 Å². The van der Waals surface area contributed by atoms with Crippen molar-refractivity contribution in [2.75, 3.05) is 26.9 Å². The maximum absolute atomic E-state index is 11.0. The van der Waals surface area contributed by atoms with Crippen LogP contribution in [0.1, 0.15) is 103 Å². The minimum atomic E-state index is -3.87. The van der Waals surface area contributed by atoms with Crippen LogP contribution >= 0.6 is 6.72 Å². The van der Waals surface area contributed by atoms with Crippen molar-refractivity contribution in [2.45, 2.75) is 109 Å². The van der Waals surface area contributed by atoms with Gasteiger partial charge in [-0.1, -0.05) is 109 Å². The summed E-state index contributed by atoms with van der Waals surface area (Å²) >= 11 is 4.33. The molecule has 0 spiro atoms. The first-order valence-corrected chi connectivity index (χ1v) is 13.9. The fraction of sp³-hybridized carbons (Fsp3) is 1.00. The summed E-state index contributed by atoms with van der Waals surface area (Å²) in [6.07, 6.45) is 19.6. The van der Waals surface area contributed by atoms with Gasteiger partial charge in [-0.25, -0.2) is 0 Å². The van der Waals surface area contributed by atoms with Crippen molar-refractivity contribution in [3.8, 4) is 0 Å². The molecule has 170 valence electrons. The summed E-state index contributed by atoms with van der Waals surface area (Å²) in [7, 11) is 1.57. The monoisotopic (exact) mass is 462 g/mol. The second kappa shape index (κ2) is 24.1. The van der Waals surface area contributed by atoms with Crippen LogP contribution in [0.3, 0.4) is 0 Å². The van der Waals surface area contributed by atoms with E-state index in [1.165, 1.54) is 83.5 Å². The van der Waals surface area contributed by atoms with Gasteiger partial charge in [0.25, 0.3) is 0 Å². The summed E-state index contributed by atoms with van der Waals surface area (Å²) in [5, 5.41) is 0. The Morgan fingerprint density at radius 1 is 0.793 bits per heavy atom. The molecule has 0 radical (unpaired) electrons. The first kappa shape index (κ1) is 32.6. The number of methoxy groups -OCH3 is 1. The molecule has 0 aromatic carbocycles. The van der Waals surface area contributed by atoms with Gasteiger partial charge in [0.2, 0.25) is 0 Å². The maximum Gasteiger partial charge on any atom is 1.00 e. The molecular formula is C21H44NaO5PS. The van der Waals surface area contributed by atoms with Gasteiger partial charge in [0.1, 0.15) is 12.8 Å². The second-order valence-corrected chi connectivity index (χ2v) is 10.2. The minimum Gasteiger partial charge on any atom is -0.780 e. The average Bonchev–Trinajstić information content (AvgIpc) is 2.65. The van der Waals surface area contributed by atoms with E-state index >= 15 is 0 Å². The van der Waals surface area contributed by atoms with Crippen molar-refractivity contribution in [1.29, 1.82) is 0 Å². The molecule has 5 nitrogen and oxygen atoms in total. The van der Waals surface area contributed by atoms with Crippen molar-refractivity contribution in [1.82, 2.24) is 0 Å². The molecule has 0 heterocycles. The van der Waals surface area contributed by atoms with Crippen molar-refractivity contribution >= 4 is 18.5 Å². The molecular weight excluding hydrogens is 418 g/mol. The minimum absolute atomic E-state index is 0. The van der Waals surface area contributed by atoms with Crippen molar-refractivity contribution < 1.29 is 53.3 Å². The SMILES string of the molecule is CCCCCCCCCCCCCCCCCOC(COC)COP([O-])(O)=S.[Na+]. The van der Waals surface area contributed by atoms with Gasteiger partial charge in [0, 0.05) is 13.7 Å². The number of ether oxygens (including phenoxy) is 2. The van der Waals surface area contributed by atoms with Crippen molar-refractivity contribution in [3.05, 3.63) is 0 Å². The summed E-state index contributed by atoms with van der Waals surface area (Å²) in [6.45, 7) is -0.671.